The molecule has 0 aliphatic carbocycles. The Hall–Kier alpha value is -3.72. The third kappa shape index (κ3) is 8.63. The molecule has 2 fully saturated rings. The van der Waals surface area contributed by atoms with E-state index in [9.17, 15) is 19.2 Å². The van der Waals surface area contributed by atoms with Crippen LogP contribution in [-0.2, 0) is 19.1 Å². The van der Waals surface area contributed by atoms with Crippen LogP contribution in [0.4, 0.5) is 0 Å². The molecule has 0 bridgehead atoms. The van der Waals surface area contributed by atoms with Crippen LogP contribution in [0.1, 0.15) is 59.2 Å². The molecule has 2 atom stereocenters. The second-order valence-electron chi connectivity index (χ2n) is 10.4. The summed E-state index contributed by atoms with van der Waals surface area (Å²) in [4.78, 5) is 46.7. The molecule has 216 valence electrons. The molecule has 2 N–H and O–H groups in total. The predicted molar refractivity (Wildman–Crippen MR) is 158 cm³/mol. The van der Waals surface area contributed by atoms with Crippen LogP contribution >= 0.6 is 0 Å². The fraction of sp³-hybridized carbons (Fsp3) is 0.394. The molecule has 3 aromatic carbocycles. The van der Waals surface area contributed by atoms with Crippen molar-refractivity contribution in [3.8, 4) is 11.1 Å². The zero-order valence-electron chi connectivity index (χ0n) is 23.5. The lowest BCUT2D eigenvalue weighted by atomic mass is 9.98. The third-order valence-corrected chi connectivity index (χ3v) is 7.43. The van der Waals surface area contributed by atoms with Crippen LogP contribution < -0.4 is 10.6 Å². The van der Waals surface area contributed by atoms with E-state index in [1.54, 1.807) is 18.2 Å². The first kappa shape index (κ1) is 30.2. The minimum absolute atomic E-state index is 0.0551. The van der Waals surface area contributed by atoms with E-state index in [2.05, 4.69) is 10.6 Å². The minimum atomic E-state index is -0.358. The van der Waals surface area contributed by atoms with Crippen molar-refractivity contribution in [2.45, 2.75) is 50.6 Å². The van der Waals surface area contributed by atoms with Gasteiger partial charge in [0.05, 0.1) is 6.04 Å². The van der Waals surface area contributed by atoms with Crippen molar-refractivity contribution in [3.63, 3.8) is 0 Å². The van der Waals surface area contributed by atoms with Gasteiger partial charge in [-0.05, 0) is 72.8 Å². The maximum Gasteiger partial charge on any atom is 0.323 e. The lowest BCUT2D eigenvalue weighted by Gasteiger charge is -2.21. The zero-order valence-corrected chi connectivity index (χ0v) is 23.5. The Morgan fingerprint density at radius 3 is 2.02 bits per heavy atom. The van der Waals surface area contributed by atoms with E-state index in [-0.39, 0.29) is 42.8 Å². The normalized spacial score (nSPS) is 18.6. The van der Waals surface area contributed by atoms with Gasteiger partial charge in [-0.2, -0.15) is 0 Å². The number of fused-ring (bicyclic) bond motifs is 1. The molecule has 0 radical (unpaired) electrons. The maximum absolute atomic E-state index is 12.6. The van der Waals surface area contributed by atoms with Gasteiger partial charge in [0.2, 0.25) is 0 Å². The molecule has 2 heterocycles. The van der Waals surface area contributed by atoms with Crippen LogP contribution in [0.15, 0.2) is 60.7 Å². The van der Waals surface area contributed by atoms with Crippen molar-refractivity contribution in [2.75, 3.05) is 33.4 Å². The molecular formula is C33H38N2O6. The van der Waals surface area contributed by atoms with E-state index in [1.165, 1.54) is 20.0 Å². The third-order valence-electron chi connectivity index (χ3n) is 7.43. The van der Waals surface area contributed by atoms with E-state index in [4.69, 9.17) is 9.47 Å². The van der Waals surface area contributed by atoms with Crippen molar-refractivity contribution < 1.29 is 28.7 Å². The molecule has 8 heteroatoms. The Kier molecular flexibility index (Phi) is 11.3. The van der Waals surface area contributed by atoms with E-state index in [1.807, 2.05) is 42.5 Å². The average Bonchev–Trinajstić information content (AvgIpc) is 3.04. The molecule has 2 aliphatic heterocycles. The van der Waals surface area contributed by atoms with Gasteiger partial charge in [0.15, 0.2) is 18.2 Å². The first-order valence-corrected chi connectivity index (χ1v) is 14.3. The number of carbonyl (C=O) groups is 4. The van der Waals surface area contributed by atoms with Crippen LogP contribution in [0.3, 0.4) is 0 Å². The summed E-state index contributed by atoms with van der Waals surface area (Å²) in [5.74, 6) is -0.634. The van der Waals surface area contributed by atoms with Gasteiger partial charge in [0, 0.05) is 18.2 Å². The number of methoxy groups -OCH3 is 1. The summed E-state index contributed by atoms with van der Waals surface area (Å²) in [7, 11) is 1.50. The van der Waals surface area contributed by atoms with Gasteiger partial charge in [-0.25, -0.2) is 0 Å². The number of nitrogens with one attached hydrogen (secondary N) is 2. The molecule has 0 spiro atoms. The number of esters is 1. The Morgan fingerprint density at radius 2 is 1.39 bits per heavy atom. The Morgan fingerprint density at radius 1 is 0.756 bits per heavy atom. The predicted octanol–water partition coefficient (Wildman–Crippen LogP) is 4.53. The molecule has 0 saturated carbocycles. The van der Waals surface area contributed by atoms with Crippen molar-refractivity contribution >= 4 is 34.6 Å². The molecular weight excluding hydrogens is 520 g/mol. The molecule has 0 unspecified atom stereocenters. The van der Waals surface area contributed by atoms with Crippen LogP contribution in [0.25, 0.3) is 21.9 Å². The number of benzene rings is 3. The lowest BCUT2D eigenvalue weighted by Crippen LogP contribution is -2.41. The van der Waals surface area contributed by atoms with Crippen molar-refractivity contribution in [1.29, 1.82) is 0 Å². The summed E-state index contributed by atoms with van der Waals surface area (Å²) in [5.41, 5.74) is 3.14. The number of aldehydes is 1. The van der Waals surface area contributed by atoms with Crippen molar-refractivity contribution in [3.05, 3.63) is 71.8 Å². The molecule has 0 aromatic heterocycles. The number of piperidine rings is 2. The Labute approximate surface area is 240 Å². The van der Waals surface area contributed by atoms with Crippen LogP contribution in [0.5, 0.6) is 0 Å². The fourth-order valence-corrected chi connectivity index (χ4v) is 5.03. The Bertz CT molecular complexity index is 1340. The van der Waals surface area contributed by atoms with Crippen molar-refractivity contribution in [2.24, 2.45) is 0 Å². The quantitative estimate of drug-likeness (QED) is 0.224. The first-order chi connectivity index (χ1) is 20.0. The van der Waals surface area contributed by atoms with Crippen molar-refractivity contribution in [1.82, 2.24) is 10.6 Å². The molecule has 2 saturated heterocycles. The number of rotatable bonds is 9. The number of ketones is 2. The zero-order chi connectivity index (χ0) is 29.0. The van der Waals surface area contributed by atoms with Gasteiger partial charge in [-0.1, -0.05) is 61.4 Å². The fourth-order valence-electron chi connectivity index (χ4n) is 5.03. The highest BCUT2D eigenvalue weighted by atomic mass is 16.5. The molecule has 3 aromatic rings. The summed E-state index contributed by atoms with van der Waals surface area (Å²) in [6, 6.07) is 18.7. The minimum Gasteiger partial charge on any atom is -0.456 e. The molecule has 2 aliphatic rings. The molecule has 8 nitrogen and oxygen atoms in total. The topological polar surface area (TPSA) is 111 Å². The number of hydrogen-bond donors (Lipinski definition) is 2. The van der Waals surface area contributed by atoms with Crippen LogP contribution in [-0.4, -0.2) is 69.3 Å². The number of Topliss-reactive ketones (excluding diaryl/α,β-unsaturated/α-hetero) is 2. The van der Waals surface area contributed by atoms with Gasteiger partial charge in [0.25, 0.3) is 0 Å². The lowest BCUT2D eigenvalue weighted by molar-refractivity contribution is -0.145. The summed E-state index contributed by atoms with van der Waals surface area (Å²) >= 11 is 0. The summed E-state index contributed by atoms with van der Waals surface area (Å²) < 4.78 is 10.1. The number of ether oxygens (including phenoxy) is 2. The Balaban J connectivity index is 0.000000417. The van der Waals surface area contributed by atoms with Gasteiger partial charge in [0.1, 0.15) is 18.9 Å². The number of hydrogen-bond acceptors (Lipinski definition) is 8. The smallest absolute Gasteiger partial charge is 0.323 e. The second kappa shape index (κ2) is 15.3. The summed E-state index contributed by atoms with van der Waals surface area (Å²) in [6.07, 6.45) is 7.26. The van der Waals surface area contributed by atoms with Gasteiger partial charge >= 0.3 is 5.97 Å². The number of carbonyl (C=O) groups excluding carboxylic acids is 4. The SMILES string of the molecule is COCC(=O)c1ccc(-c2ccc3cc(C(=O)COC(=O)[C@@H]4CCCCN4)ccc3c2)cc1.O=C[C@@H]1CCCCN1. The molecule has 5 rings (SSSR count). The molecule has 0 amide bonds. The van der Waals surface area contributed by atoms with Crippen LogP contribution in [0.2, 0.25) is 0 Å². The highest BCUT2D eigenvalue weighted by Gasteiger charge is 2.23. The van der Waals surface area contributed by atoms with Gasteiger partial charge < -0.3 is 24.9 Å². The van der Waals surface area contributed by atoms with E-state index >= 15 is 0 Å². The highest BCUT2D eigenvalue weighted by molar-refractivity contribution is 6.02. The average molecular weight is 559 g/mol. The van der Waals surface area contributed by atoms with Crippen LogP contribution in [0, 0.1) is 0 Å². The van der Waals surface area contributed by atoms with E-state index in [0.29, 0.717) is 11.1 Å². The standard InChI is InChI=1S/C27H27NO5.C6H11NO/c1-32-16-25(29)19-7-5-18(6-8-19)20-9-10-22-15-23(12-11-21(22)14-20)26(30)17-33-27(31)24-4-2-3-13-28-24;8-5-6-3-1-2-4-7-6/h5-12,14-15,24,28H,2-4,13,16-17H2,1H3;5-7H,1-4H2/t24-;6-/m00/s1. The van der Waals surface area contributed by atoms with Gasteiger partial charge in [-0.3, -0.25) is 14.4 Å². The van der Waals surface area contributed by atoms with Gasteiger partial charge in [-0.15, -0.1) is 0 Å². The highest BCUT2D eigenvalue weighted by Crippen LogP contribution is 2.26. The summed E-state index contributed by atoms with van der Waals surface area (Å²) in [5, 5.41) is 8.15. The van der Waals surface area contributed by atoms with E-state index < -0.39 is 0 Å². The monoisotopic (exact) mass is 558 g/mol. The first-order valence-electron chi connectivity index (χ1n) is 14.3. The largest absolute Gasteiger partial charge is 0.456 e. The maximum atomic E-state index is 12.6. The molecule has 41 heavy (non-hydrogen) atoms. The van der Waals surface area contributed by atoms with E-state index in [0.717, 1.165) is 67.0 Å². The summed E-state index contributed by atoms with van der Waals surface area (Å²) in [6.45, 7) is 1.63. The second-order valence-corrected chi connectivity index (χ2v) is 10.4.